The van der Waals surface area contributed by atoms with E-state index in [1.165, 1.54) is 5.56 Å². The van der Waals surface area contributed by atoms with Crippen LogP contribution < -0.4 is 10.1 Å². The Morgan fingerprint density at radius 2 is 2.15 bits per heavy atom. The van der Waals surface area contributed by atoms with Crippen LogP contribution in [0.4, 0.5) is 5.69 Å². The molecule has 0 aliphatic carbocycles. The number of nitrogens with one attached hydrogen (secondary N) is 1. The van der Waals surface area contributed by atoms with E-state index in [4.69, 9.17) is 16.3 Å². The van der Waals surface area contributed by atoms with Gasteiger partial charge in [0, 0.05) is 35.5 Å². The molecule has 20 heavy (non-hydrogen) atoms. The van der Waals surface area contributed by atoms with Crippen molar-refractivity contribution < 1.29 is 4.74 Å². The topological polar surface area (TPSA) is 34.1 Å². The number of aryl methyl sites for hydroxylation is 1. The van der Waals surface area contributed by atoms with Gasteiger partial charge in [0.1, 0.15) is 0 Å². The molecule has 0 spiro atoms. The molecule has 2 heterocycles. The highest BCUT2D eigenvalue weighted by Crippen LogP contribution is 2.39. The van der Waals surface area contributed by atoms with E-state index in [1.807, 2.05) is 37.4 Å². The summed E-state index contributed by atoms with van der Waals surface area (Å²) in [7, 11) is 0. The van der Waals surface area contributed by atoms with E-state index in [-0.39, 0.29) is 5.41 Å². The number of anilines is 1. The minimum atomic E-state index is 0.112. The van der Waals surface area contributed by atoms with Crippen molar-refractivity contribution in [3.05, 3.63) is 46.6 Å². The first-order chi connectivity index (χ1) is 9.47. The summed E-state index contributed by atoms with van der Waals surface area (Å²) in [6, 6.07) is 7.63. The Bertz CT molecular complexity index is 647. The maximum Gasteiger partial charge on any atom is 0.221 e. The Labute approximate surface area is 123 Å². The fraction of sp³-hybridized carbons (Fsp3) is 0.312. The standard InChI is InChI=1S/C16H17ClN2O/c1-10-5-4-6-12(17)15(10)20-14-7-13-11(8-18-14)16(2,3)9-19-13/h4-8,19H,9H2,1-3H3. The molecule has 2 aromatic rings. The first-order valence-electron chi connectivity index (χ1n) is 6.65. The van der Waals surface area contributed by atoms with Crippen molar-refractivity contribution in [3.63, 3.8) is 0 Å². The van der Waals surface area contributed by atoms with Crippen molar-refractivity contribution in [3.8, 4) is 11.6 Å². The normalized spacial score (nSPS) is 15.6. The van der Waals surface area contributed by atoms with E-state index in [0.29, 0.717) is 16.7 Å². The van der Waals surface area contributed by atoms with Gasteiger partial charge in [-0.2, -0.15) is 0 Å². The lowest BCUT2D eigenvalue weighted by Crippen LogP contribution is -2.18. The monoisotopic (exact) mass is 288 g/mol. The highest BCUT2D eigenvalue weighted by atomic mass is 35.5. The quantitative estimate of drug-likeness (QED) is 0.881. The van der Waals surface area contributed by atoms with Crippen molar-refractivity contribution in [2.75, 3.05) is 11.9 Å². The van der Waals surface area contributed by atoms with Gasteiger partial charge in [0.2, 0.25) is 5.88 Å². The molecule has 3 rings (SSSR count). The van der Waals surface area contributed by atoms with Gasteiger partial charge in [-0.3, -0.25) is 0 Å². The lowest BCUT2D eigenvalue weighted by atomic mass is 9.88. The van der Waals surface area contributed by atoms with E-state index in [2.05, 4.69) is 24.1 Å². The second-order valence-corrected chi connectivity index (χ2v) is 6.20. The SMILES string of the molecule is Cc1cccc(Cl)c1Oc1cc2c(cn1)C(C)(C)CN2. The minimum absolute atomic E-state index is 0.112. The Balaban J connectivity index is 1.94. The maximum absolute atomic E-state index is 6.17. The minimum Gasteiger partial charge on any atom is -0.437 e. The predicted octanol–water partition coefficient (Wildman–Crippen LogP) is 4.54. The van der Waals surface area contributed by atoms with Crippen LogP contribution in [0.3, 0.4) is 0 Å². The predicted molar refractivity (Wildman–Crippen MR) is 82.0 cm³/mol. The number of halogens is 1. The molecule has 3 nitrogen and oxygen atoms in total. The summed E-state index contributed by atoms with van der Waals surface area (Å²) in [6.07, 6.45) is 1.89. The molecule has 0 saturated heterocycles. The molecule has 1 aromatic carbocycles. The Morgan fingerprint density at radius 3 is 2.90 bits per heavy atom. The number of fused-ring (bicyclic) bond motifs is 1. The summed E-state index contributed by atoms with van der Waals surface area (Å²) >= 11 is 6.17. The second-order valence-electron chi connectivity index (χ2n) is 5.79. The average molecular weight is 289 g/mol. The van der Waals surface area contributed by atoms with Gasteiger partial charge in [-0.15, -0.1) is 0 Å². The summed E-state index contributed by atoms with van der Waals surface area (Å²) in [6.45, 7) is 7.28. The van der Waals surface area contributed by atoms with E-state index in [0.717, 1.165) is 17.8 Å². The molecule has 104 valence electrons. The van der Waals surface area contributed by atoms with Crippen LogP contribution in [-0.2, 0) is 5.41 Å². The molecule has 0 bridgehead atoms. The van der Waals surface area contributed by atoms with Crippen LogP contribution in [-0.4, -0.2) is 11.5 Å². The summed E-state index contributed by atoms with van der Waals surface area (Å²) in [5, 5.41) is 3.99. The van der Waals surface area contributed by atoms with Gasteiger partial charge < -0.3 is 10.1 Å². The molecule has 0 atom stereocenters. The largest absolute Gasteiger partial charge is 0.437 e. The molecule has 0 amide bonds. The van der Waals surface area contributed by atoms with Crippen molar-refractivity contribution in [2.45, 2.75) is 26.2 Å². The van der Waals surface area contributed by atoms with Gasteiger partial charge in [0.25, 0.3) is 0 Å². The zero-order chi connectivity index (χ0) is 14.3. The lowest BCUT2D eigenvalue weighted by Gasteiger charge is -2.16. The van der Waals surface area contributed by atoms with E-state index < -0.39 is 0 Å². The fourth-order valence-electron chi connectivity index (χ4n) is 2.44. The first kappa shape index (κ1) is 13.3. The third kappa shape index (κ3) is 2.22. The van der Waals surface area contributed by atoms with E-state index in [1.54, 1.807) is 0 Å². The molecule has 1 aromatic heterocycles. The molecule has 4 heteroatoms. The molecular formula is C16H17ClN2O. The molecular weight excluding hydrogens is 272 g/mol. The Kier molecular flexibility index (Phi) is 3.09. The molecule has 0 saturated carbocycles. The highest BCUT2D eigenvalue weighted by Gasteiger charge is 2.30. The molecule has 1 aliphatic heterocycles. The number of benzene rings is 1. The number of rotatable bonds is 2. The molecule has 1 aliphatic rings. The number of para-hydroxylation sites is 1. The van der Waals surface area contributed by atoms with Crippen molar-refractivity contribution in [1.82, 2.24) is 4.98 Å². The fourth-order valence-corrected chi connectivity index (χ4v) is 2.70. The van der Waals surface area contributed by atoms with Crippen LogP contribution in [0.1, 0.15) is 25.0 Å². The van der Waals surface area contributed by atoms with E-state index in [9.17, 15) is 0 Å². The maximum atomic E-state index is 6.17. The smallest absolute Gasteiger partial charge is 0.221 e. The number of hydrogen-bond donors (Lipinski definition) is 1. The van der Waals surface area contributed by atoms with Gasteiger partial charge in [-0.05, 0) is 18.6 Å². The van der Waals surface area contributed by atoms with Crippen LogP contribution in [0.5, 0.6) is 11.6 Å². The molecule has 0 fully saturated rings. The number of aromatic nitrogens is 1. The van der Waals surface area contributed by atoms with Crippen molar-refractivity contribution >= 4 is 17.3 Å². The summed E-state index contributed by atoms with van der Waals surface area (Å²) in [4.78, 5) is 4.40. The summed E-state index contributed by atoms with van der Waals surface area (Å²) in [5.41, 5.74) is 3.42. The number of pyridine rings is 1. The zero-order valence-electron chi connectivity index (χ0n) is 11.8. The van der Waals surface area contributed by atoms with Crippen LogP contribution in [0.15, 0.2) is 30.5 Å². The van der Waals surface area contributed by atoms with Crippen LogP contribution in [0, 0.1) is 6.92 Å². The summed E-state index contributed by atoms with van der Waals surface area (Å²) in [5.74, 6) is 1.23. The third-order valence-corrected chi connectivity index (χ3v) is 4.00. The number of hydrogen-bond acceptors (Lipinski definition) is 3. The lowest BCUT2D eigenvalue weighted by molar-refractivity contribution is 0.459. The van der Waals surface area contributed by atoms with Crippen molar-refractivity contribution in [1.29, 1.82) is 0 Å². The third-order valence-electron chi connectivity index (χ3n) is 3.70. The summed E-state index contributed by atoms with van der Waals surface area (Å²) < 4.78 is 5.85. The average Bonchev–Trinajstić information content (AvgIpc) is 2.70. The highest BCUT2D eigenvalue weighted by molar-refractivity contribution is 6.32. The number of nitrogens with zero attached hydrogens (tertiary/aromatic N) is 1. The Morgan fingerprint density at radius 1 is 1.35 bits per heavy atom. The van der Waals surface area contributed by atoms with Crippen LogP contribution in [0.2, 0.25) is 5.02 Å². The van der Waals surface area contributed by atoms with Gasteiger partial charge in [-0.1, -0.05) is 37.6 Å². The first-order valence-corrected chi connectivity index (χ1v) is 7.02. The van der Waals surface area contributed by atoms with Crippen molar-refractivity contribution in [2.24, 2.45) is 0 Å². The number of ether oxygens (including phenoxy) is 1. The van der Waals surface area contributed by atoms with E-state index >= 15 is 0 Å². The van der Waals surface area contributed by atoms with Crippen LogP contribution in [0.25, 0.3) is 0 Å². The zero-order valence-corrected chi connectivity index (χ0v) is 12.6. The molecule has 1 N–H and O–H groups in total. The Hall–Kier alpha value is -1.74. The van der Waals surface area contributed by atoms with Gasteiger partial charge in [0.15, 0.2) is 5.75 Å². The molecule has 0 radical (unpaired) electrons. The van der Waals surface area contributed by atoms with Crippen LogP contribution >= 0.6 is 11.6 Å². The van der Waals surface area contributed by atoms with Gasteiger partial charge in [-0.25, -0.2) is 4.98 Å². The second kappa shape index (κ2) is 4.67. The van der Waals surface area contributed by atoms with Gasteiger partial charge in [0.05, 0.1) is 5.02 Å². The molecule has 0 unspecified atom stereocenters. The van der Waals surface area contributed by atoms with Gasteiger partial charge >= 0.3 is 0 Å².